The highest BCUT2D eigenvalue weighted by atomic mass is 35.5. The van der Waals surface area contributed by atoms with Gasteiger partial charge in [-0.15, -0.1) is 22.6 Å². The van der Waals surface area contributed by atoms with Crippen molar-refractivity contribution in [3.63, 3.8) is 0 Å². The standard InChI is InChI=1S/C26H27ClFN3O4.ClH/c1-15-21(27)7-6-19(25(15)28)17-8-10-31(11-9-17)13-18(32)14-33-22-4-3-5-23-20(22)12-24(35-23)26-30-29-16(2)34-26;/h3-7,12,17-18,32H,8-11,13-14H2,1-2H3;1H/t18-;/m0./s1. The van der Waals surface area contributed by atoms with Gasteiger partial charge in [-0.2, -0.15) is 0 Å². The van der Waals surface area contributed by atoms with Crippen LogP contribution in [0.3, 0.4) is 0 Å². The Hall–Kier alpha value is -2.65. The predicted molar refractivity (Wildman–Crippen MR) is 138 cm³/mol. The van der Waals surface area contributed by atoms with Gasteiger partial charge in [-0.25, -0.2) is 4.39 Å². The molecule has 1 N–H and O–H groups in total. The number of furan rings is 1. The molecule has 0 saturated carbocycles. The molecule has 1 aliphatic rings. The Morgan fingerprint density at radius 3 is 2.67 bits per heavy atom. The summed E-state index contributed by atoms with van der Waals surface area (Å²) in [6.45, 7) is 5.63. The van der Waals surface area contributed by atoms with Gasteiger partial charge in [0.1, 0.15) is 29.9 Å². The second kappa shape index (κ2) is 11.2. The maximum Gasteiger partial charge on any atom is 0.283 e. The maximum absolute atomic E-state index is 14.7. The molecule has 0 amide bonds. The van der Waals surface area contributed by atoms with Crippen LogP contribution in [0.1, 0.15) is 35.8 Å². The van der Waals surface area contributed by atoms with E-state index in [0.717, 1.165) is 36.9 Å². The molecule has 1 atom stereocenters. The van der Waals surface area contributed by atoms with E-state index in [1.807, 2.05) is 18.2 Å². The fourth-order valence-electron chi connectivity index (χ4n) is 4.62. The number of aromatic nitrogens is 2. The number of aliphatic hydroxyl groups is 1. The van der Waals surface area contributed by atoms with E-state index in [-0.39, 0.29) is 30.7 Å². The lowest BCUT2D eigenvalue weighted by molar-refractivity contribution is 0.0597. The SMILES string of the molecule is Cc1nnc(-c2cc3c(OC[C@@H](O)CN4CCC(c5ccc(Cl)c(C)c5F)CC4)cccc3o2)o1.Cl. The second-order valence-electron chi connectivity index (χ2n) is 9.02. The van der Waals surface area contributed by atoms with Crippen LogP contribution in [-0.2, 0) is 0 Å². The summed E-state index contributed by atoms with van der Waals surface area (Å²) in [5.41, 5.74) is 1.87. The Morgan fingerprint density at radius 1 is 1.17 bits per heavy atom. The Kier molecular flexibility index (Phi) is 8.20. The summed E-state index contributed by atoms with van der Waals surface area (Å²) in [5, 5.41) is 19.7. The summed E-state index contributed by atoms with van der Waals surface area (Å²) in [5.74, 6) is 1.80. The summed E-state index contributed by atoms with van der Waals surface area (Å²) >= 11 is 6.04. The Bertz CT molecular complexity index is 1330. The molecule has 10 heteroatoms. The minimum absolute atomic E-state index is 0. The Balaban J connectivity index is 0.00000304. The highest BCUT2D eigenvalue weighted by molar-refractivity contribution is 6.31. The molecule has 0 spiro atoms. The quantitative estimate of drug-likeness (QED) is 0.313. The van der Waals surface area contributed by atoms with Crippen LogP contribution >= 0.6 is 24.0 Å². The smallest absolute Gasteiger partial charge is 0.283 e. The zero-order valence-electron chi connectivity index (χ0n) is 20.0. The van der Waals surface area contributed by atoms with Crippen molar-refractivity contribution in [3.8, 4) is 17.4 Å². The molecule has 4 aromatic rings. The van der Waals surface area contributed by atoms with Gasteiger partial charge >= 0.3 is 0 Å². The van der Waals surface area contributed by atoms with Crippen LogP contribution in [0.15, 0.2) is 45.2 Å². The first-order chi connectivity index (χ1) is 16.9. The molecule has 5 rings (SSSR count). The predicted octanol–water partition coefficient (Wildman–Crippen LogP) is 5.93. The number of piperidine rings is 1. The third-order valence-electron chi connectivity index (χ3n) is 6.54. The van der Waals surface area contributed by atoms with Crippen LogP contribution in [0.25, 0.3) is 22.6 Å². The number of ether oxygens (including phenoxy) is 1. The number of rotatable bonds is 7. The second-order valence-corrected chi connectivity index (χ2v) is 9.43. The average Bonchev–Trinajstić information content (AvgIpc) is 3.48. The van der Waals surface area contributed by atoms with Gasteiger partial charge in [0.2, 0.25) is 5.89 Å². The van der Waals surface area contributed by atoms with E-state index < -0.39 is 6.10 Å². The van der Waals surface area contributed by atoms with Crippen LogP contribution in [-0.4, -0.2) is 52.5 Å². The number of halogens is 3. The van der Waals surface area contributed by atoms with Gasteiger partial charge in [0.15, 0.2) is 5.76 Å². The normalized spacial score (nSPS) is 15.7. The molecule has 0 bridgehead atoms. The number of nitrogens with zero attached hydrogens (tertiary/aromatic N) is 3. The van der Waals surface area contributed by atoms with E-state index in [1.165, 1.54) is 0 Å². The fourth-order valence-corrected chi connectivity index (χ4v) is 4.77. The van der Waals surface area contributed by atoms with Crippen molar-refractivity contribution in [1.82, 2.24) is 15.1 Å². The third-order valence-corrected chi connectivity index (χ3v) is 6.95. The number of hydrogen-bond donors (Lipinski definition) is 1. The molecular weight excluding hydrogens is 508 g/mol. The molecule has 2 aromatic carbocycles. The summed E-state index contributed by atoms with van der Waals surface area (Å²) in [6, 6.07) is 10.9. The molecule has 1 aliphatic heterocycles. The van der Waals surface area contributed by atoms with Crippen molar-refractivity contribution in [2.24, 2.45) is 0 Å². The summed E-state index contributed by atoms with van der Waals surface area (Å²) in [4.78, 5) is 2.19. The van der Waals surface area contributed by atoms with Gasteiger partial charge in [-0.05, 0) is 62.5 Å². The topological polar surface area (TPSA) is 84.8 Å². The zero-order chi connectivity index (χ0) is 24.5. The van der Waals surface area contributed by atoms with Gasteiger partial charge in [0, 0.05) is 30.1 Å². The molecule has 36 heavy (non-hydrogen) atoms. The van der Waals surface area contributed by atoms with Gasteiger partial charge in [-0.3, -0.25) is 0 Å². The van der Waals surface area contributed by atoms with Crippen LogP contribution < -0.4 is 4.74 Å². The van der Waals surface area contributed by atoms with Gasteiger partial charge < -0.3 is 23.6 Å². The third kappa shape index (κ3) is 5.52. The van der Waals surface area contributed by atoms with Gasteiger partial charge in [-0.1, -0.05) is 23.7 Å². The molecule has 1 fully saturated rings. The zero-order valence-corrected chi connectivity index (χ0v) is 21.6. The highest BCUT2D eigenvalue weighted by Gasteiger charge is 2.25. The Morgan fingerprint density at radius 2 is 1.94 bits per heavy atom. The highest BCUT2D eigenvalue weighted by Crippen LogP contribution is 2.34. The Labute approximate surface area is 219 Å². The number of fused-ring (bicyclic) bond motifs is 1. The number of aliphatic hydroxyl groups excluding tert-OH is 1. The largest absolute Gasteiger partial charge is 0.490 e. The molecule has 3 heterocycles. The number of aryl methyl sites for hydroxylation is 1. The fraction of sp³-hybridized carbons (Fsp3) is 0.385. The lowest BCUT2D eigenvalue weighted by atomic mass is 9.88. The summed E-state index contributed by atoms with van der Waals surface area (Å²) < 4.78 is 31.9. The number of benzene rings is 2. The average molecular weight is 536 g/mol. The minimum Gasteiger partial charge on any atom is -0.490 e. The maximum atomic E-state index is 14.7. The molecule has 0 radical (unpaired) electrons. The van der Waals surface area contributed by atoms with E-state index in [4.69, 9.17) is 25.2 Å². The molecule has 0 unspecified atom stereocenters. The van der Waals surface area contributed by atoms with Gasteiger partial charge in [0.25, 0.3) is 5.89 Å². The van der Waals surface area contributed by atoms with E-state index >= 15 is 0 Å². The molecule has 7 nitrogen and oxygen atoms in total. The van der Waals surface area contributed by atoms with Crippen molar-refractivity contribution >= 4 is 35.0 Å². The first-order valence-corrected chi connectivity index (χ1v) is 12.1. The molecule has 2 aromatic heterocycles. The van der Waals surface area contributed by atoms with E-state index in [2.05, 4.69) is 15.1 Å². The summed E-state index contributed by atoms with van der Waals surface area (Å²) in [7, 11) is 0. The van der Waals surface area contributed by atoms with Crippen LogP contribution in [0, 0.1) is 19.7 Å². The summed E-state index contributed by atoms with van der Waals surface area (Å²) in [6.07, 6.45) is 0.997. The first kappa shape index (κ1) is 26.4. The van der Waals surface area contributed by atoms with Crippen LogP contribution in [0.4, 0.5) is 4.39 Å². The van der Waals surface area contributed by atoms with Gasteiger partial charge in [0.05, 0.1) is 5.39 Å². The van der Waals surface area contributed by atoms with E-state index in [9.17, 15) is 9.50 Å². The van der Waals surface area contributed by atoms with E-state index in [0.29, 0.717) is 46.0 Å². The number of hydrogen-bond acceptors (Lipinski definition) is 7. The lowest BCUT2D eigenvalue weighted by Gasteiger charge is -2.33. The number of β-amino-alcohol motifs (C(OH)–C–C–N with tert-alkyl or cyclic N) is 1. The lowest BCUT2D eigenvalue weighted by Crippen LogP contribution is -2.40. The molecule has 1 saturated heterocycles. The van der Waals surface area contributed by atoms with Crippen molar-refractivity contribution in [1.29, 1.82) is 0 Å². The van der Waals surface area contributed by atoms with Crippen molar-refractivity contribution < 1.29 is 23.1 Å². The van der Waals surface area contributed by atoms with E-state index in [1.54, 1.807) is 32.0 Å². The monoisotopic (exact) mass is 535 g/mol. The van der Waals surface area contributed by atoms with Crippen molar-refractivity contribution in [2.75, 3.05) is 26.2 Å². The van der Waals surface area contributed by atoms with Crippen LogP contribution in [0.2, 0.25) is 5.02 Å². The first-order valence-electron chi connectivity index (χ1n) is 11.7. The van der Waals surface area contributed by atoms with Crippen molar-refractivity contribution in [3.05, 3.63) is 64.3 Å². The number of likely N-dealkylation sites (tertiary alicyclic amines) is 1. The van der Waals surface area contributed by atoms with Crippen molar-refractivity contribution in [2.45, 2.75) is 38.7 Å². The molecule has 192 valence electrons. The van der Waals surface area contributed by atoms with Crippen LogP contribution in [0.5, 0.6) is 5.75 Å². The minimum atomic E-state index is -0.665. The molecule has 0 aliphatic carbocycles. The molecular formula is C26H28Cl2FN3O4.